The van der Waals surface area contributed by atoms with Gasteiger partial charge in [-0.1, -0.05) is 0 Å². The van der Waals surface area contributed by atoms with Crippen molar-refractivity contribution in [1.29, 1.82) is 0 Å². The number of aromatic nitrogens is 2. The zero-order chi connectivity index (χ0) is 8.27. The summed E-state index contributed by atoms with van der Waals surface area (Å²) in [5.41, 5.74) is 7.11. The first-order chi connectivity index (χ1) is 5.25. The van der Waals surface area contributed by atoms with Crippen LogP contribution in [-0.2, 0) is 4.74 Å². The zero-order valence-electron chi connectivity index (χ0n) is 6.79. The van der Waals surface area contributed by atoms with Crippen molar-refractivity contribution in [2.75, 3.05) is 12.3 Å². The summed E-state index contributed by atoms with van der Waals surface area (Å²) in [5.74, 6) is 0. The lowest BCUT2D eigenvalue weighted by Crippen LogP contribution is -2.02. The minimum absolute atomic E-state index is 0.00231. The molecule has 4 heteroatoms. The molecule has 0 amide bonds. The highest BCUT2D eigenvalue weighted by Gasteiger charge is 2.09. The monoisotopic (exact) mass is 155 g/mol. The molecule has 1 unspecified atom stereocenters. The number of rotatable bonds is 3. The number of nitrogens with two attached hydrogens (primary N) is 1. The molecule has 1 aromatic heterocycles. The highest BCUT2D eigenvalue weighted by Crippen LogP contribution is 2.19. The first-order valence-corrected chi connectivity index (χ1v) is 3.66. The molecule has 0 bridgehead atoms. The molecular weight excluding hydrogens is 142 g/mol. The Labute approximate surface area is 65.7 Å². The standard InChI is InChI=1S/C7H13N3O/c1-3-11-5(2)7-6(8)4-9-10-7/h4-5H,3,8H2,1-2H3,(H,9,10). The smallest absolute Gasteiger partial charge is 0.0981 e. The van der Waals surface area contributed by atoms with Crippen molar-refractivity contribution in [2.45, 2.75) is 20.0 Å². The fraction of sp³-hybridized carbons (Fsp3) is 0.571. The van der Waals surface area contributed by atoms with Crippen molar-refractivity contribution in [1.82, 2.24) is 10.2 Å². The van der Waals surface area contributed by atoms with Gasteiger partial charge in [-0.25, -0.2) is 0 Å². The van der Waals surface area contributed by atoms with Crippen LogP contribution in [0.5, 0.6) is 0 Å². The Kier molecular flexibility index (Phi) is 2.48. The van der Waals surface area contributed by atoms with E-state index in [2.05, 4.69) is 10.2 Å². The van der Waals surface area contributed by atoms with Gasteiger partial charge in [-0.3, -0.25) is 5.10 Å². The fourth-order valence-electron chi connectivity index (χ4n) is 0.964. The van der Waals surface area contributed by atoms with Crippen LogP contribution in [0, 0.1) is 0 Å². The molecule has 1 heterocycles. The van der Waals surface area contributed by atoms with E-state index in [4.69, 9.17) is 10.5 Å². The van der Waals surface area contributed by atoms with Crippen molar-refractivity contribution in [3.63, 3.8) is 0 Å². The van der Waals surface area contributed by atoms with E-state index in [9.17, 15) is 0 Å². The average molecular weight is 155 g/mol. The number of nitrogens with one attached hydrogen (secondary N) is 1. The molecule has 1 atom stereocenters. The van der Waals surface area contributed by atoms with Crippen molar-refractivity contribution in [3.05, 3.63) is 11.9 Å². The predicted octanol–water partition coefficient (Wildman–Crippen LogP) is 1.09. The van der Waals surface area contributed by atoms with Gasteiger partial charge in [0.2, 0.25) is 0 Å². The Morgan fingerprint density at radius 3 is 3.00 bits per heavy atom. The van der Waals surface area contributed by atoms with Gasteiger partial charge in [0.05, 0.1) is 23.7 Å². The lowest BCUT2D eigenvalue weighted by molar-refractivity contribution is 0.0738. The van der Waals surface area contributed by atoms with Gasteiger partial charge in [-0.05, 0) is 13.8 Å². The van der Waals surface area contributed by atoms with Gasteiger partial charge in [-0.2, -0.15) is 5.10 Å². The van der Waals surface area contributed by atoms with Crippen molar-refractivity contribution in [3.8, 4) is 0 Å². The van der Waals surface area contributed by atoms with Crippen LogP contribution >= 0.6 is 0 Å². The molecule has 3 N–H and O–H groups in total. The van der Waals surface area contributed by atoms with E-state index in [1.807, 2.05) is 13.8 Å². The SMILES string of the molecule is CCOC(C)c1[nH]ncc1N. The van der Waals surface area contributed by atoms with Gasteiger partial charge in [0.25, 0.3) is 0 Å². The van der Waals surface area contributed by atoms with Crippen LogP contribution < -0.4 is 5.73 Å². The molecule has 0 radical (unpaired) electrons. The number of nitrogen functional groups attached to an aromatic ring is 1. The van der Waals surface area contributed by atoms with Crippen LogP contribution in [0.25, 0.3) is 0 Å². The third kappa shape index (κ3) is 1.71. The molecule has 11 heavy (non-hydrogen) atoms. The van der Waals surface area contributed by atoms with E-state index in [0.717, 1.165) is 5.69 Å². The number of H-pyrrole nitrogens is 1. The lowest BCUT2D eigenvalue weighted by Gasteiger charge is -2.09. The summed E-state index contributed by atoms with van der Waals surface area (Å²) < 4.78 is 5.32. The van der Waals surface area contributed by atoms with Crippen molar-refractivity contribution in [2.24, 2.45) is 0 Å². The zero-order valence-corrected chi connectivity index (χ0v) is 6.79. The highest BCUT2D eigenvalue weighted by molar-refractivity contribution is 5.40. The summed E-state index contributed by atoms with van der Waals surface area (Å²) in [6.07, 6.45) is 1.59. The molecule has 0 aliphatic heterocycles. The summed E-state index contributed by atoms with van der Waals surface area (Å²) >= 11 is 0. The quantitative estimate of drug-likeness (QED) is 0.686. The molecule has 1 aromatic rings. The molecule has 0 saturated heterocycles. The molecule has 4 nitrogen and oxygen atoms in total. The third-order valence-corrected chi connectivity index (χ3v) is 1.52. The average Bonchev–Trinajstić information content (AvgIpc) is 2.36. The van der Waals surface area contributed by atoms with Gasteiger partial charge in [0, 0.05) is 6.61 Å². The Balaban J connectivity index is 2.67. The Morgan fingerprint density at radius 1 is 1.82 bits per heavy atom. The summed E-state index contributed by atoms with van der Waals surface area (Å²) in [7, 11) is 0. The maximum Gasteiger partial charge on any atom is 0.0981 e. The molecule has 0 aromatic carbocycles. The molecule has 0 aliphatic carbocycles. The van der Waals surface area contributed by atoms with Crippen LogP contribution in [-0.4, -0.2) is 16.8 Å². The van der Waals surface area contributed by atoms with Gasteiger partial charge in [-0.15, -0.1) is 0 Å². The Morgan fingerprint density at radius 2 is 2.55 bits per heavy atom. The second kappa shape index (κ2) is 3.39. The summed E-state index contributed by atoms with van der Waals surface area (Å²) in [4.78, 5) is 0. The highest BCUT2D eigenvalue weighted by atomic mass is 16.5. The molecule has 1 rings (SSSR count). The lowest BCUT2D eigenvalue weighted by atomic mass is 10.2. The molecule has 0 aliphatic rings. The van der Waals surface area contributed by atoms with E-state index in [0.29, 0.717) is 12.3 Å². The van der Waals surface area contributed by atoms with Crippen molar-refractivity contribution >= 4 is 5.69 Å². The fourth-order valence-corrected chi connectivity index (χ4v) is 0.964. The number of anilines is 1. The number of aromatic amines is 1. The first-order valence-electron chi connectivity index (χ1n) is 3.66. The topological polar surface area (TPSA) is 63.9 Å². The summed E-state index contributed by atoms with van der Waals surface area (Å²) in [6, 6.07) is 0. The Hall–Kier alpha value is -1.03. The van der Waals surface area contributed by atoms with E-state index in [-0.39, 0.29) is 6.10 Å². The Bertz CT molecular complexity index is 221. The summed E-state index contributed by atoms with van der Waals surface area (Å²) in [5, 5.41) is 6.59. The predicted molar refractivity (Wildman–Crippen MR) is 43.0 cm³/mol. The minimum Gasteiger partial charge on any atom is -0.396 e. The molecule has 0 fully saturated rings. The normalized spacial score (nSPS) is 13.3. The van der Waals surface area contributed by atoms with E-state index < -0.39 is 0 Å². The maximum atomic E-state index is 5.60. The number of ether oxygens (including phenoxy) is 1. The van der Waals surface area contributed by atoms with E-state index in [1.165, 1.54) is 0 Å². The second-order valence-corrected chi connectivity index (χ2v) is 2.34. The van der Waals surface area contributed by atoms with Gasteiger partial charge >= 0.3 is 0 Å². The third-order valence-electron chi connectivity index (χ3n) is 1.52. The molecule has 0 saturated carbocycles. The van der Waals surface area contributed by atoms with Crippen LogP contribution in [0.15, 0.2) is 6.20 Å². The van der Waals surface area contributed by atoms with Crippen molar-refractivity contribution < 1.29 is 4.74 Å². The van der Waals surface area contributed by atoms with Crippen LogP contribution in [0.3, 0.4) is 0 Å². The van der Waals surface area contributed by atoms with Gasteiger partial charge in [0.1, 0.15) is 0 Å². The maximum absolute atomic E-state index is 5.60. The molecule has 62 valence electrons. The van der Waals surface area contributed by atoms with E-state index in [1.54, 1.807) is 6.20 Å². The molecular formula is C7H13N3O. The number of nitrogens with zero attached hydrogens (tertiary/aromatic N) is 1. The van der Waals surface area contributed by atoms with Crippen LogP contribution in [0.1, 0.15) is 25.6 Å². The van der Waals surface area contributed by atoms with Gasteiger partial charge < -0.3 is 10.5 Å². The second-order valence-electron chi connectivity index (χ2n) is 2.34. The van der Waals surface area contributed by atoms with Gasteiger partial charge in [0.15, 0.2) is 0 Å². The number of hydrogen-bond donors (Lipinski definition) is 2. The largest absolute Gasteiger partial charge is 0.396 e. The first kappa shape index (κ1) is 8.07. The van der Waals surface area contributed by atoms with Crippen LogP contribution in [0.2, 0.25) is 0 Å². The molecule has 0 spiro atoms. The van der Waals surface area contributed by atoms with E-state index >= 15 is 0 Å². The summed E-state index contributed by atoms with van der Waals surface area (Å²) in [6.45, 7) is 4.57. The number of hydrogen-bond acceptors (Lipinski definition) is 3. The minimum atomic E-state index is 0.00231. The van der Waals surface area contributed by atoms with Crippen LogP contribution in [0.4, 0.5) is 5.69 Å².